The largest absolute Gasteiger partial charge is 0.383 e. The van der Waals surface area contributed by atoms with Gasteiger partial charge in [0.1, 0.15) is 0 Å². The summed E-state index contributed by atoms with van der Waals surface area (Å²) in [5.41, 5.74) is 3.03. The Labute approximate surface area is 162 Å². The summed E-state index contributed by atoms with van der Waals surface area (Å²) in [6.45, 7) is 3.02. The predicted molar refractivity (Wildman–Crippen MR) is 105 cm³/mol. The van der Waals surface area contributed by atoms with Gasteiger partial charge in [0.15, 0.2) is 11.0 Å². The quantitative estimate of drug-likeness (QED) is 0.475. The number of aryl methyl sites for hydroxylation is 1. The molecule has 0 fully saturated rings. The fourth-order valence-corrected chi connectivity index (χ4v) is 3.23. The zero-order valence-corrected chi connectivity index (χ0v) is 16.1. The molecule has 1 amide bonds. The summed E-state index contributed by atoms with van der Waals surface area (Å²) in [7, 11) is 1.60. The van der Waals surface area contributed by atoms with Crippen LogP contribution in [0.25, 0.3) is 17.1 Å². The van der Waals surface area contributed by atoms with Gasteiger partial charge in [0.25, 0.3) is 0 Å². The molecule has 3 rings (SSSR count). The topological polar surface area (TPSA) is 81.9 Å². The van der Waals surface area contributed by atoms with Crippen LogP contribution in [0.15, 0.2) is 53.9 Å². The Hall–Kier alpha value is -2.71. The molecule has 0 aliphatic rings. The Bertz CT molecular complexity index is 881. The lowest BCUT2D eigenvalue weighted by Gasteiger charge is -2.11. The summed E-state index contributed by atoms with van der Waals surface area (Å²) < 4.78 is 6.90. The van der Waals surface area contributed by atoms with Gasteiger partial charge in [0.2, 0.25) is 5.91 Å². The van der Waals surface area contributed by atoms with Crippen molar-refractivity contribution >= 4 is 17.7 Å². The van der Waals surface area contributed by atoms with E-state index in [0.717, 1.165) is 11.3 Å². The number of ether oxygens (including phenoxy) is 1. The summed E-state index contributed by atoms with van der Waals surface area (Å²) in [5, 5.41) is 12.1. The Morgan fingerprint density at radius 1 is 1.15 bits per heavy atom. The molecule has 27 heavy (non-hydrogen) atoms. The number of nitrogens with zero attached hydrogens (tertiary/aromatic N) is 4. The first kappa shape index (κ1) is 19.1. The Balaban J connectivity index is 1.86. The second-order valence-electron chi connectivity index (χ2n) is 5.84. The minimum Gasteiger partial charge on any atom is -0.383 e. The number of pyridine rings is 1. The van der Waals surface area contributed by atoms with Crippen LogP contribution in [0.1, 0.15) is 5.56 Å². The summed E-state index contributed by atoms with van der Waals surface area (Å²) in [5.74, 6) is 0.897. The van der Waals surface area contributed by atoms with Crippen molar-refractivity contribution in [3.63, 3.8) is 0 Å². The van der Waals surface area contributed by atoms with Crippen molar-refractivity contribution in [1.29, 1.82) is 0 Å². The molecule has 0 unspecified atom stereocenters. The van der Waals surface area contributed by atoms with Gasteiger partial charge in [-0.05, 0) is 31.2 Å². The number of rotatable bonds is 8. The zero-order chi connectivity index (χ0) is 19.1. The molecule has 1 aromatic carbocycles. The maximum atomic E-state index is 12.0. The maximum Gasteiger partial charge on any atom is 0.230 e. The number of aromatic nitrogens is 4. The molecule has 140 valence electrons. The molecule has 0 spiro atoms. The van der Waals surface area contributed by atoms with Crippen LogP contribution in [0.3, 0.4) is 0 Å². The smallest absolute Gasteiger partial charge is 0.230 e. The fraction of sp³-hybridized carbons (Fsp3) is 0.263. The SMILES string of the molecule is COCCNC(=O)CSc1nnc(-c2ccncc2)n1-c1ccc(C)cc1. The lowest BCUT2D eigenvalue weighted by atomic mass is 10.2. The van der Waals surface area contributed by atoms with Crippen molar-refractivity contribution in [2.75, 3.05) is 26.0 Å². The minimum absolute atomic E-state index is 0.0685. The van der Waals surface area contributed by atoms with Gasteiger partial charge in [-0.1, -0.05) is 29.5 Å². The first-order chi connectivity index (χ1) is 13.2. The number of carbonyl (C=O) groups is 1. The molecule has 7 nitrogen and oxygen atoms in total. The van der Waals surface area contributed by atoms with E-state index in [1.807, 2.05) is 47.9 Å². The van der Waals surface area contributed by atoms with E-state index >= 15 is 0 Å². The van der Waals surface area contributed by atoms with Gasteiger partial charge in [-0.15, -0.1) is 10.2 Å². The fourth-order valence-electron chi connectivity index (χ4n) is 2.45. The van der Waals surface area contributed by atoms with Crippen LogP contribution in [0.2, 0.25) is 0 Å². The molecule has 0 bridgehead atoms. The predicted octanol–water partition coefficient (Wildman–Crippen LogP) is 2.49. The summed E-state index contributed by atoms with van der Waals surface area (Å²) in [6, 6.07) is 11.9. The number of amides is 1. The summed E-state index contributed by atoms with van der Waals surface area (Å²) in [6.07, 6.45) is 3.44. The first-order valence-corrected chi connectivity index (χ1v) is 9.49. The normalized spacial score (nSPS) is 10.7. The van der Waals surface area contributed by atoms with Gasteiger partial charge in [0, 0.05) is 37.3 Å². The van der Waals surface area contributed by atoms with E-state index in [1.165, 1.54) is 17.3 Å². The van der Waals surface area contributed by atoms with Crippen LogP contribution in [0.5, 0.6) is 0 Å². The molecular weight excluding hydrogens is 362 g/mol. The van der Waals surface area contributed by atoms with E-state index in [2.05, 4.69) is 20.5 Å². The second kappa shape index (κ2) is 9.29. The van der Waals surface area contributed by atoms with Crippen LogP contribution in [-0.4, -0.2) is 51.7 Å². The standard InChI is InChI=1S/C19H21N5O2S/c1-14-3-5-16(6-4-14)24-18(15-7-9-20-10-8-15)22-23-19(24)27-13-17(25)21-11-12-26-2/h3-10H,11-13H2,1-2H3,(H,21,25). The average Bonchev–Trinajstić information content (AvgIpc) is 3.12. The Morgan fingerprint density at radius 3 is 2.59 bits per heavy atom. The molecule has 8 heteroatoms. The van der Waals surface area contributed by atoms with Gasteiger partial charge >= 0.3 is 0 Å². The van der Waals surface area contributed by atoms with Crippen molar-refractivity contribution < 1.29 is 9.53 Å². The zero-order valence-electron chi connectivity index (χ0n) is 15.3. The van der Waals surface area contributed by atoms with Crippen LogP contribution >= 0.6 is 11.8 Å². The number of nitrogens with one attached hydrogen (secondary N) is 1. The van der Waals surface area contributed by atoms with Crippen molar-refractivity contribution in [2.45, 2.75) is 12.1 Å². The number of methoxy groups -OCH3 is 1. The molecule has 0 radical (unpaired) electrons. The van der Waals surface area contributed by atoms with E-state index in [4.69, 9.17) is 4.74 Å². The van der Waals surface area contributed by atoms with Gasteiger partial charge in [-0.2, -0.15) is 0 Å². The highest BCUT2D eigenvalue weighted by Gasteiger charge is 2.17. The maximum absolute atomic E-state index is 12.0. The van der Waals surface area contributed by atoms with Crippen molar-refractivity contribution in [3.05, 3.63) is 54.4 Å². The molecule has 0 aliphatic carbocycles. The molecule has 1 N–H and O–H groups in total. The molecule has 0 atom stereocenters. The average molecular weight is 383 g/mol. The number of hydrogen-bond acceptors (Lipinski definition) is 6. The number of benzene rings is 1. The summed E-state index contributed by atoms with van der Waals surface area (Å²) >= 11 is 1.35. The van der Waals surface area contributed by atoms with E-state index < -0.39 is 0 Å². The molecule has 3 aromatic rings. The Kier molecular flexibility index (Phi) is 6.56. The molecule has 0 saturated carbocycles. The van der Waals surface area contributed by atoms with Crippen molar-refractivity contribution in [3.8, 4) is 17.1 Å². The Morgan fingerprint density at radius 2 is 1.89 bits per heavy atom. The third kappa shape index (κ3) is 4.93. The lowest BCUT2D eigenvalue weighted by molar-refractivity contribution is -0.118. The lowest BCUT2D eigenvalue weighted by Crippen LogP contribution is -2.28. The van der Waals surface area contributed by atoms with Crippen LogP contribution < -0.4 is 5.32 Å². The summed E-state index contributed by atoms with van der Waals surface area (Å²) in [4.78, 5) is 16.1. The van der Waals surface area contributed by atoms with Crippen LogP contribution in [0.4, 0.5) is 0 Å². The van der Waals surface area contributed by atoms with E-state index in [0.29, 0.717) is 24.1 Å². The number of carbonyl (C=O) groups excluding carboxylic acids is 1. The third-order valence-corrected chi connectivity index (χ3v) is 4.75. The second-order valence-corrected chi connectivity index (χ2v) is 6.79. The molecular formula is C19H21N5O2S. The number of thioether (sulfide) groups is 1. The van der Waals surface area contributed by atoms with Gasteiger partial charge in [-0.3, -0.25) is 14.3 Å². The highest BCUT2D eigenvalue weighted by Crippen LogP contribution is 2.27. The minimum atomic E-state index is -0.0685. The van der Waals surface area contributed by atoms with E-state index in [1.54, 1.807) is 19.5 Å². The third-order valence-electron chi connectivity index (χ3n) is 3.82. The van der Waals surface area contributed by atoms with Crippen LogP contribution in [0, 0.1) is 6.92 Å². The molecule has 2 aromatic heterocycles. The monoisotopic (exact) mass is 383 g/mol. The first-order valence-electron chi connectivity index (χ1n) is 8.50. The van der Waals surface area contributed by atoms with Gasteiger partial charge < -0.3 is 10.1 Å². The molecule has 0 aliphatic heterocycles. The highest BCUT2D eigenvalue weighted by molar-refractivity contribution is 7.99. The van der Waals surface area contributed by atoms with Crippen molar-refractivity contribution in [2.24, 2.45) is 0 Å². The molecule has 0 saturated heterocycles. The van der Waals surface area contributed by atoms with Gasteiger partial charge in [-0.25, -0.2) is 0 Å². The van der Waals surface area contributed by atoms with Crippen molar-refractivity contribution in [1.82, 2.24) is 25.1 Å². The van der Waals surface area contributed by atoms with E-state index in [-0.39, 0.29) is 11.7 Å². The number of hydrogen-bond donors (Lipinski definition) is 1. The van der Waals surface area contributed by atoms with E-state index in [9.17, 15) is 4.79 Å². The van der Waals surface area contributed by atoms with Crippen LogP contribution in [-0.2, 0) is 9.53 Å². The highest BCUT2D eigenvalue weighted by atomic mass is 32.2. The molecule has 2 heterocycles. The van der Waals surface area contributed by atoms with Gasteiger partial charge in [0.05, 0.1) is 12.4 Å².